The summed E-state index contributed by atoms with van der Waals surface area (Å²) in [6.07, 6.45) is 0. The Kier molecular flexibility index (Phi) is 5.38. The van der Waals surface area contributed by atoms with E-state index in [1.54, 1.807) is 15.0 Å². The molecule has 5 rings (SSSR count). The second-order valence-electron chi connectivity index (χ2n) is 8.07. The number of hydrogen-bond acceptors (Lipinski definition) is 5. The molecule has 0 aliphatic carbocycles. The number of aryl methyl sites for hydroxylation is 2. The van der Waals surface area contributed by atoms with E-state index in [1.807, 2.05) is 62.5 Å². The van der Waals surface area contributed by atoms with Gasteiger partial charge < -0.3 is 4.74 Å². The first-order chi connectivity index (χ1) is 16.0. The molecule has 0 aliphatic heterocycles. The average Bonchev–Trinajstić information content (AvgIpc) is 3.40. The quantitative estimate of drug-likeness (QED) is 0.384. The van der Waals surface area contributed by atoms with Crippen LogP contribution in [-0.4, -0.2) is 25.4 Å². The van der Waals surface area contributed by atoms with Crippen molar-refractivity contribution in [1.29, 1.82) is 0 Å². The second kappa shape index (κ2) is 8.37. The lowest BCUT2D eigenvalue weighted by Crippen LogP contribution is -2.26. The minimum atomic E-state index is -0.263. The highest BCUT2D eigenvalue weighted by Crippen LogP contribution is 2.22. The average molecular weight is 461 g/mol. The van der Waals surface area contributed by atoms with Gasteiger partial charge in [0.15, 0.2) is 0 Å². The lowest BCUT2D eigenvalue weighted by atomic mass is 10.1. The van der Waals surface area contributed by atoms with E-state index in [9.17, 15) is 9.59 Å². The molecule has 3 heterocycles. The van der Waals surface area contributed by atoms with Gasteiger partial charge in [-0.3, -0.25) is 9.36 Å². The topological polar surface area (TPSA) is 70.5 Å². The Morgan fingerprint density at radius 1 is 1.00 bits per heavy atom. The van der Waals surface area contributed by atoms with Crippen LogP contribution in [0.4, 0.5) is 0 Å². The summed E-state index contributed by atoms with van der Waals surface area (Å²) < 4.78 is 10.8. The molecule has 168 valence electrons. The number of fused-ring (bicyclic) bond motifs is 3. The van der Waals surface area contributed by atoms with Gasteiger partial charge in [-0.15, -0.1) is 16.4 Å². The van der Waals surface area contributed by atoms with Crippen LogP contribution < -0.4 is 16.0 Å². The molecule has 0 atom stereocenters. The summed E-state index contributed by atoms with van der Waals surface area (Å²) in [7, 11) is 0. The molecule has 0 radical (unpaired) electrons. The van der Waals surface area contributed by atoms with Gasteiger partial charge in [-0.2, -0.15) is 0 Å². The third kappa shape index (κ3) is 3.66. The molecule has 33 heavy (non-hydrogen) atoms. The fourth-order valence-corrected chi connectivity index (χ4v) is 4.94. The predicted octanol–water partition coefficient (Wildman–Crippen LogP) is 3.98. The van der Waals surface area contributed by atoms with Gasteiger partial charge in [0.1, 0.15) is 10.4 Å². The molecule has 0 saturated heterocycles. The summed E-state index contributed by atoms with van der Waals surface area (Å²) >= 11 is 1.33. The van der Waals surface area contributed by atoms with Gasteiger partial charge in [0.2, 0.25) is 5.78 Å². The summed E-state index contributed by atoms with van der Waals surface area (Å²) in [6, 6.07) is 15.6. The van der Waals surface area contributed by atoms with Crippen molar-refractivity contribution >= 4 is 27.3 Å². The Bertz CT molecular complexity index is 1610. The number of aromatic nitrogens is 4. The van der Waals surface area contributed by atoms with Crippen LogP contribution in [-0.2, 0) is 13.1 Å². The van der Waals surface area contributed by atoms with Crippen LogP contribution >= 0.6 is 11.3 Å². The molecule has 8 heteroatoms. The maximum absolute atomic E-state index is 13.5. The van der Waals surface area contributed by atoms with Crippen molar-refractivity contribution in [3.8, 4) is 5.75 Å². The Morgan fingerprint density at radius 3 is 2.64 bits per heavy atom. The van der Waals surface area contributed by atoms with Crippen molar-refractivity contribution in [2.75, 3.05) is 6.61 Å². The maximum Gasteiger partial charge on any atom is 0.352 e. The van der Waals surface area contributed by atoms with Crippen molar-refractivity contribution in [1.82, 2.24) is 18.7 Å². The van der Waals surface area contributed by atoms with Gasteiger partial charge in [0.25, 0.3) is 5.56 Å². The lowest BCUT2D eigenvalue weighted by molar-refractivity contribution is 0.336. The smallest absolute Gasteiger partial charge is 0.352 e. The van der Waals surface area contributed by atoms with Crippen LogP contribution in [0.15, 0.2) is 63.5 Å². The van der Waals surface area contributed by atoms with Gasteiger partial charge in [0.05, 0.1) is 25.2 Å². The number of rotatable bonds is 6. The largest absolute Gasteiger partial charge is 0.494 e. The van der Waals surface area contributed by atoms with Gasteiger partial charge in [-0.05, 0) is 49.4 Å². The summed E-state index contributed by atoms with van der Waals surface area (Å²) in [5.74, 6) is 1.04. The predicted molar refractivity (Wildman–Crippen MR) is 131 cm³/mol. The van der Waals surface area contributed by atoms with E-state index in [-0.39, 0.29) is 17.8 Å². The SMILES string of the molecule is CCOc1ccccc1Cn1c(=O)c2sccc2n2c(=O)n(Cc3cc(C)ccc3C)nc12. The Hall–Kier alpha value is -3.65. The standard InChI is InChI=1S/C25H24N4O3S/c1-4-32-21-8-6-5-7-18(21)14-27-23(30)22-20(11-12-33-22)29-24(27)26-28(25(29)31)15-19-13-16(2)9-10-17(19)3/h5-13H,4,14-15H2,1-3H3. The van der Waals surface area contributed by atoms with Crippen LogP contribution in [0.2, 0.25) is 0 Å². The fraction of sp³-hybridized carbons (Fsp3) is 0.240. The Labute approximate surface area is 194 Å². The minimum Gasteiger partial charge on any atom is -0.494 e. The zero-order valence-electron chi connectivity index (χ0n) is 18.7. The van der Waals surface area contributed by atoms with E-state index in [0.29, 0.717) is 34.9 Å². The number of nitrogens with zero attached hydrogens (tertiary/aromatic N) is 4. The molecule has 0 bridgehead atoms. The monoisotopic (exact) mass is 460 g/mol. The van der Waals surface area contributed by atoms with Gasteiger partial charge >= 0.3 is 5.69 Å². The number of thiophene rings is 1. The first-order valence-corrected chi connectivity index (χ1v) is 11.7. The van der Waals surface area contributed by atoms with E-state index in [2.05, 4.69) is 11.2 Å². The highest BCUT2D eigenvalue weighted by atomic mass is 32.1. The molecule has 0 spiro atoms. The van der Waals surface area contributed by atoms with Crippen LogP contribution in [0.3, 0.4) is 0 Å². The van der Waals surface area contributed by atoms with Crippen LogP contribution in [0.25, 0.3) is 16.0 Å². The van der Waals surface area contributed by atoms with Crippen molar-refractivity contribution in [3.63, 3.8) is 0 Å². The van der Waals surface area contributed by atoms with E-state index in [4.69, 9.17) is 4.74 Å². The normalized spacial score (nSPS) is 11.5. The summed E-state index contributed by atoms with van der Waals surface area (Å²) in [5, 5.41) is 6.47. The molecule has 3 aromatic heterocycles. The van der Waals surface area contributed by atoms with Gasteiger partial charge in [-0.1, -0.05) is 42.0 Å². The van der Waals surface area contributed by atoms with Crippen molar-refractivity contribution in [2.24, 2.45) is 0 Å². The van der Waals surface area contributed by atoms with Crippen molar-refractivity contribution in [2.45, 2.75) is 33.9 Å². The highest BCUT2D eigenvalue weighted by Gasteiger charge is 2.19. The van der Waals surface area contributed by atoms with Crippen molar-refractivity contribution in [3.05, 3.63) is 97.0 Å². The first-order valence-electron chi connectivity index (χ1n) is 10.8. The molecular formula is C25H24N4O3S. The minimum absolute atomic E-state index is 0.164. The molecule has 0 fully saturated rings. The molecule has 0 saturated carbocycles. The number of ether oxygens (including phenoxy) is 1. The molecule has 5 aromatic rings. The first kappa shape index (κ1) is 21.2. The van der Waals surface area contributed by atoms with E-state index in [1.165, 1.54) is 16.0 Å². The number of benzene rings is 2. The molecule has 0 unspecified atom stereocenters. The molecular weight excluding hydrogens is 436 g/mol. The van der Waals surface area contributed by atoms with Gasteiger partial charge in [-0.25, -0.2) is 13.9 Å². The highest BCUT2D eigenvalue weighted by molar-refractivity contribution is 7.17. The molecule has 7 nitrogen and oxygen atoms in total. The van der Waals surface area contributed by atoms with Crippen LogP contribution in [0.1, 0.15) is 29.2 Å². The Morgan fingerprint density at radius 2 is 1.82 bits per heavy atom. The number of hydrogen-bond donors (Lipinski definition) is 0. The van der Waals surface area contributed by atoms with E-state index in [0.717, 1.165) is 22.3 Å². The lowest BCUT2D eigenvalue weighted by Gasteiger charge is -2.12. The third-order valence-electron chi connectivity index (χ3n) is 5.81. The third-order valence-corrected chi connectivity index (χ3v) is 6.71. The zero-order valence-corrected chi connectivity index (χ0v) is 19.6. The van der Waals surface area contributed by atoms with Gasteiger partial charge in [0, 0.05) is 5.56 Å². The maximum atomic E-state index is 13.5. The van der Waals surface area contributed by atoms with E-state index >= 15 is 0 Å². The summed E-state index contributed by atoms with van der Waals surface area (Å²) in [5.41, 5.74) is 4.26. The van der Waals surface area contributed by atoms with Crippen molar-refractivity contribution < 1.29 is 4.74 Å². The summed E-state index contributed by atoms with van der Waals surface area (Å²) in [6.45, 7) is 7.09. The second-order valence-corrected chi connectivity index (χ2v) is 8.99. The number of para-hydroxylation sites is 1. The zero-order chi connectivity index (χ0) is 23.1. The summed E-state index contributed by atoms with van der Waals surface area (Å²) in [4.78, 5) is 26.9. The molecule has 0 N–H and O–H groups in total. The fourth-order valence-electron chi connectivity index (χ4n) is 4.11. The van der Waals surface area contributed by atoms with E-state index < -0.39 is 0 Å². The molecule has 0 amide bonds. The van der Waals surface area contributed by atoms with Crippen LogP contribution in [0, 0.1) is 13.8 Å². The molecule has 0 aliphatic rings. The Balaban J connectivity index is 1.72. The van der Waals surface area contributed by atoms with Crippen LogP contribution in [0.5, 0.6) is 5.75 Å². The molecule has 2 aromatic carbocycles.